The standard InChI is InChI=1S/C15H19NO5S/c1-11(17)16(13(14(18)19)8-9-22-2)15(20)21-10-12-6-4-3-5-7-12/h3-7,13H,8-10H2,1-2H3,(H,18,19)/t13-/m0/s1. The molecule has 0 aliphatic rings. The number of carbonyl (C=O) groups excluding carboxylic acids is 2. The van der Waals surface area contributed by atoms with E-state index in [1.165, 1.54) is 11.8 Å². The van der Waals surface area contributed by atoms with Gasteiger partial charge < -0.3 is 9.84 Å². The largest absolute Gasteiger partial charge is 0.480 e. The van der Waals surface area contributed by atoms with Gasteiger partial charge in [0, 0.05) is 6.92 Å². The molecular formula is C15H19NO5S. The number of thioether (sulfide) groups is 1. The first-order valence-electron chi connectivity index (χ1n) is 6.69. The van der Waals surface area contributed by atoms with E-state index in [4.69, 9.17) is 4.74 Å². The van der Waals surface area contributed by atoms with Crippen molar-refractivity contribution in [1.82, 2.24) is 4.90 Å². The van der Waals surface area contributed by atoms with Gasteiger partial charge in [-0.25, -0.2) is 14.5 Å². The van der Waals surface area contributed by atoms with E-state index in [2.05, 4.69) is 0 Å². The molecule has 0 saturated heterocycles. The minimum absolute atomic E-state index is 0.0156. The van der Waals surface area contributed by atoms with Gasteiger partial charge in [-0.1, -0.05) is 30.3 Å². The average Bonchev–Trinajstić information content (AvgIpc) is 2.49. The molecule has 0 aliphatic carbocycles. The summed E-state index contributed by atoms with van der Waals surface area (Å²) in [5.74, 6) is -1.35. The zero-order valence-electron chi connectivity index (χ0n) is 12.5. The summed E-state index contributed by atoms with van der Waals surface area (Å²) in [4.78, 5) is 35.7. The number of benzene rings is 1. The van der Waals surface area contributed by atoms with Crippen LogP contribution >= 0.6 is 11.8 Å². The Morgan fingerprint density at radius 3 is 2.41 bits per heavy atom. The summed E-state index contributed by atoms with van der Waals surface area (Å²) >= 11 is 1.45. The number of aliphatic carboxylic acids is 1. The van der Waals surface area contributed by atoms with Crippen LogP contribution in [0, 0.1) is 0 Å². The van der Waals surface area contributed by atoms with Crippen LogP contribution in [0.4, 0.5) is 4.79 Å². The quantitative estimate of drug-likeness (QED) is 0.828. The van der Waals surface area contributed by atoms with Gasteiger partial charge >= 0.3 is 12.1 Å². The molecule has 0 aromatic heterocycles. The van der Waals surface area contributed by atoms with Gasteiger partial charge in [0.1, 0.15) is 12.6 Å². The fourth-order valence-electron chi connectivity index (χ4n) is 1.86. The average molecular weight is 325 g/mol. The fraction of sp³-hybridized carbons (Fsp3) is 0.400. The van der Waals surface area contributed by atoms with Crippen LogP contribution in [0.5, 0.6) is 0 Å². The van der Waals surface area contributed by atoms with Crippen molar-refractivity contribution < 1.29 is 24.2 Å². The second-order valence-corrected chi connectivity index (χ2v) is 5.55. The smallest absolute Gasteiger partial charge is 0.417 e. The second kappa shape index (κ2) is 9.09. The van der Waals surface area contributed by atoms with Gasteiger partial charge in [-0.05, 0) is 24.0 Å². The molecule has 1 N–H and O–H groups in total. The molecule has 120 valence electrons. The number of ether oxygens (including phenoxy) is 1. The van der Waals surface area contributed by atoms with Crippen molar-refractivity contribution in [3.05, 3.63) is 35.9 Å². The van der Waals surface area contributed by atoms with Gasteiger partial charge in [-0.15, -0.1) is 0 Å². The highest BCUT2D eigenvalue weighted by Gasteiger charge is 2.33. The maximum atomic E-state index is 12.1. The molecule has 22 heavy (non-hydrogen) atoms. The molecular weight excluding hydrogens is 306 g/mol. The lowest BCUT2D eigenvalue weighted by molar-refractivity contribution is -0.148. The van der Waals surface area contributed by atoms with Crippen molar-refractivity contribution in [2.45, 2.75) is 26.0 Å². The molecule has 1 aromatic rings. The normalized spacial score (nSPS) is 11.5. The third kappa shape index (κ3) is 5.40. The SMILES string of the molecule is CSCC[C@@H](C(=O)O)N(C(C)=O)C(=O)OCc1ccccc1. The molecule has 0 radical (unpaired) electrons. The van der Waals surface area contributed by atoms with Gasteiger partial charge in [0.05, 0.1) is 0 Å². The Morgan fingerprint density at radius 2 is 1.91 bits per heavy atom. The number of rotatable bonds is 7. The summed E-state index contributed by atoms with van der Waals surface area (Å²) in [5, 5.41) is 9.24. The number of hydrogen-bond acceptors (Lipinski definition) is 5. The minimum atomic E-state index is -1.22. The van der Waals surface area contributed by atoms with E-state index in [0.717, 1.165) is 12.5 Å². The molecule has 0 fully saturated rings. The highest BCUT2D eigenvalue weighted by molar-refractivity contribution is 7.98. The summed E-state index contributed by atoms with van der Waals surface area (Å²) in [6, 6.07) is 7.75. The Hall–Kier alpha value is -2.02. The summed E-state index contributed by atoms with van der Waals surface area (Å²) in [7, 11) is 0. The van der Waals surface area contributed by atoms with Crippen molar-refractivity contribution in [1.29, 1.82) is 0 Å². The monoisotopic (exact) mass is 325 g/mol. The number of nitrogens with zero attached hydrogens (tertiary/aromatic N) is 1. The second-order valence-electron chi connectivity index (χ2n) is 4.56. The lowest BCUT2D eigenvalue weighted by Crippen LogP contribution is -2.48. The van der Waals surface area contributed by atoms with Crippen LogP contribution in [0.2, 0.25) is 0 Å². The molecule has 0 unspecified atom stereocenters. The van der Waals surface area contributed by atoms with E-state index in [0.29, 0.717) is 10.7 Å². The van der Waals surface area contributed by atoms with Gasteiger partial charge in [-0.3, -0.25) is 4.79 Å². The summed E-state index contributed by atoms with van der Waals surface area (Å²) < 4.78 is 5.06. The summed E-state index contributed by atoms with van der Waals surface area (Å²) in [6.07, 6.45) is 1.06. The number of amides is 2. The molecule has 0 spiro atoms. The van der Waals surface area contributed by atoms with E-state index < -0.39 is 24.0 Å². The zero-order chi connectivity index (χ0) is 16.5. The Labute approximate surface area is 133 Å². The Kier molecular flexibility index (Phi) is 7.45. The molecule has 2 amide bonds. The van der Waals surface area contributed by atoms with E-state index in [9.17, 15) is 19.5 Å². The molecule has 1 atom stereocenters. The molecule has 0 heterocycles. The van der Waals surface area contributed by atoms with Crippen molar-refractivity contribution >= 4 is 29.7 Å². The van der Waals surface area contributed by atoms with Crippen LogP contribution in [-0.4, -0.2) is 46.0 Å². The predicted molar refractivity (Wildman–Crippen MR) is 83.6 cm³/mol. The number of hydrogen-bond donors (Lipinski definition) is 1. The molecule has 0 aliphatic heterocycles. The van der Waals surface area contributed by atoms with Gasteiger partial charge in [0.25, 0.3) is 0 Å². The lowest BCUT2D eigenvalue weighted by Gasteiger charge is -2.25. The third-order valence-corrected chi connectivity index (χ3v) is 3.58. The van der Waals surface area contributed by atoms with Crippen LogP contribution in [0.25, 0.3) is 0 Å². The maximum absolute atomic E-state index is 12.1. The Balaban J connectivity index is 2.77. The van der Waals surface area contributed by atoms with E-state index in [1.54, 1.807) is 24.3 Å². The number of carboxylic acids is 1. The Morgan fingerprint density at radius 1 is 1.27 bits per heavy atom. The predicted octanol–water partition coefficient (Wildman–Crippen LogP) is 2.38. The molecule has 1 aromatic carbocycles. The van der Waals surface area contributed by atoms with E-state index in [1.807, 2.05) is 12.3 Å². The first kappa shape index (κ1) is 18.0. The highest BCUT2D eigenvalue weighted by atomic mass is 32.2. The van der Waals surface area contributed by atoms with Crippen LogP contribution in [0.3, 0.4) is 0 Å². The van der Waals surface area contributed by atoms with E-state index >= 15 is 0 Å². The summed E-state index contributed by atoms with van der Waals surface area (Å²) in [5.41, 5.74) is 0.760. The Bertz CT molecular complexity index is 520. The molecule has 6 nitrogen and oxygen atoms in total. The summed E-state index contributed by atoms with van der Waals surface area (Å²) in [6.45, 7) is 1.14. The zero-order valence-corrected chi connectivity index (χ0v) is 13.3. The number of carboxylic acid groups (broad SMARTS) is 1. The van der Waals surface area contributed by atoms with Crippen molar-refractivity contribution in [2.24, 2.45) is 0 Å². The lowest BCUT2D eigenvalue weighted by atomic mass is 10.2. The first-order valence-corrected chi connectivity index (χ1v) is 8.09. The van der Waals surface area contributed by atoms with Crippen LogP contribution in [0.15, 0.2) is 30.3 Å². The number of imide groups is 1. The molecule has 1 rings (SSSR count). The van der Waals surface area contributed by atoms with Crippen LogP contribution in [-0.2, 0) is 20.9 Å². The van der Waals surface area contributed by atoms with Crippen LogP contribution in [0.1, 0.15) is 18.9 Å². The topological polar surface area (TPSA) is 83.9 Å². The minimum Gasteiger partial charge on any atom is -0.480 e. The van der Waals surface area contributed by atoms with Crippen molar-refractivity contribution in [3.8, 4) is 0 Å². The van der Waals surface area contributed by atoms with Gasteiger partial charge in [-0.2, -0.15) is 11.8 Å². The molecule has 0 saturated carbocycles. The van der Waals surface area contributed by atoms with Crippen LogP contribution < -0.4 is 0 Å². The maximum Gasteiger partial charge on any atom is 0.417 e. The van der Waals surface area contributed by atoms with E-state index in [-0.39, 0.29) is 13.0 Å². The first-order chi connectivity index (χ1) is 10.5. The fourth-order valence-corrected chi connectivity index (χ4v) is 2.32. The third-order valence-electron chi connectivity index (χ3n) is 2.93. The highest BCUT2D eigenvalue weighted by Crippen LogP contribution is 2.12. The number of carbonyl (C=O) groups is 3. The molecule has 0 bridgehead atoms. The van der Waals surface area contributed by atoms with Gasteiger partial charge in [0.15, 0.2) is 0 Å². The van der Waals surface area contributed by atoms with Gasteiger partial charge in [0.2, 0.25) is 5.91 Å². The van der Waals surface area contributed by atoms with Crippen molar-refractivity contribution in [2.75, 3.05) is 12.0 Å². The molecule has 7 heteroatoms. The van der Waals surface area contributed by atoms with Crippen molar-refractivity contribution in [3.63, 3.8) is 0 Å².